The maximum absolute atomic E-state index is 5.03. The molecular weight excluding hydrogens is 346 g/mol. The van der Waals surface area contributed by atoms with E-state index in [9.17, 15) is 0 Å². The highest BCUT2D eigenvalue weighted by molar-refractivity contribution is 7.98. The molecule has 1 aliphatic heterocycles. The molecule has 0 bridgehead atoms. The van der Waals surface area contributed by atoms with E-state index >= 15 is 0 Å². The molecule has 0 fully saturated rings. The molecule has 4 aromatic rings. The highest BCUT2D eigenvalue weighted by Gasteiger charge is 2.23. The van der Waals surface area contributed by atoms with E-state index < -0.39 is 0 Å². The van der Waals surface area contributed by atoms with Gasteiger partial charge >= 0.3 is 0 Å². The van der Waals surface area contributed by atoms with Crippen molar-refractivity contribution in [2.45, 2.75) is 10.6 Å². The van der Waals surface area contributed by atoms with E-state index in [4.69, 9.17) is 4.98 Å². The quantitative estimate of drug-likeness (QED) is 0.379. The Morgan fingerprint density at radius 1 is 0.760 bits per heavy atom. The molecule has 0 radical (unpaired) electrons. The molecule has 0 saturated heterocycles. The molecule has 1 nitrogen and oxygen atoms in total. The first-order valence-electron chi connectivity index (χ1n) is 8.11. The van der Waals surface area contributed by atoms with Crippen molar-refractivity contribution in [2.24, 2.45) is 0 Å². The Morgan fingerprint density at radius 3 is 2.36 bits per heavy atom. The van der Waals surface area contributed by atoms with Gasteiger partial charge in [-0.1, -0.05) is 66.7 Å². The number of benzene rings is 3. The molecule has 0 saturated carbocycles. The number of nitrogens with zero attached hydrogens (tertiary/aromatic N) is 1. The van der Waals surface area contributed by atoms with Crippen LogP contribution >= 0.6 is 24.2 Å². The van der Waals surface area contributed by atoms with Crippen LogP contribution in [0.25, 0.3) is 33.3 Å². The van der Waals surface area contributed by atoms with Gasteiger partial charge in [-0.3, -0.25) is 0 Å². The van der Waals surface area contributed by atoms with Gasteiger partial charge in [0.2, 0.25) is 0 Å². The fourth-order valence-electron chi connectivity index (χ4n) is 3.49. The molecule has 0 aliphatic carbocycles. The number of halogens is 1. The van der Waals surface area contributed by atoms with E-state index in [0.717, 1.165) is 17.0 Å². The van der Waals surface area contributed by atoms with Crippen molar-refractivity contribution >= 4 is 35.1 Å². The van der Waals surface area contributed by atoms with Crippen LogP contribution < -0.4 is 0 Å². The van der Waals surface area contributed by atoms with E-state index in [1.807, 2.05) is 11.8 Å². The van der Waals surface area contributed by atoms with Crippen molar-refractivity contribution in [1.82, 2.24) is 4.98 Å². The van der Waals surface area contributed by atoms with Crippen molar-refractivity contribution in [3.05, 3.63) is 84.4 Å². The summed E-state index contributed by atoms with van der Waals surface area (Å²) in [7, 11) is 0. The number of para-hydroxylation sites is 1. The summed E-state index contributed by atoms with van der Waals surface area (Å²) in [6, 6.07) is 27.8. The third kappa shape index (κ3) is 2.62. The Kier molecular flexibility index (Phi) is 4.24. The number of rotatable bonds is 1. The van der Waals surface area contributed by atoms with Gasteiger partial charge in [0.1, 0.15) is 0 Å². The number of fused-ring (bicyclic) bond motifs is 4. The Hall–Kier alpha value is -2.29. The van der Waals surface area contributed by atoms with Gasteiger partial charge in [-0.05, 0) is 28.8 Å². The zero-order valence-electron chi connectivity index (χ0n) is 13.5. The lowest BCUT2D eigenvalue weighted by Gasteiger charge is -2.23. The molecule has 2 heterocycles. The second kappa shape index (κ2) is 6.55. The first-order chi connectivity index (χ1) is 11.9. The predicted molar refractivity (Wildman–Crippen MR) is 109 cm³/mol. The van der Waals surface area contributed by atoms with Gasteiger partial charge in [0.05, 0.1) is 11.2 Å². The van der Waals surface area contributed by atoms with Crippen molar-refractivity contribution in [3.8, 4) is 22.4 Å². The van der Waals surface area contributed by atoms with Gasteiger partial charge in [-0.25, -0.2) is 4.98 Å². The van der Waals surface area contributed by atoms with Gasteiger partial charge in [0.15, 0.2) is 0 Å². The van der Waals surface area contributed by atoms with Crippen LogP contribution in [0, 0.1) is 0 Å². The van der Waals surface area contributed by atoms with Crippen molar-refractivity contribution in [3.63, 3.8) is 0 Å². The van der Waals surface area contributed by atoms with Crippen molar-refractivity contribution in [1.29, 1.82) is 0 Å². The summed E-state index contributed by atoms with van der Waals surface area (Å²) in [5, 5.41) is 1.24. The molecule has 25 heavy (non-hydrogen) atoms. The van der Waals surface area contributed by atoms with Crippen LogP contribution in [-0.2, 0) is 5.75 Å². The summed E-state index contributed by atoms with van der Waals surface area (Å²) < 4.78 is 0. The maximum atomic E-state index is 5.03. The highest BCUT2D eigenvalue weighted by atomic mass is 35.5. The second-order valence-corrected chi connectivity index (χ2v) is 7.00. The fraction of sp³-hybridized carbons (Fsp3) is 0.0455. The Balaban J connectivity index is 0.00000157. The third-order valence-corrected chi connectivity index (χ3v) is 5.67. The number of thioether (sulfide) groups is 1. The molecule has 0 spiro atoms. The Morgan fingerprint density at radius 2 is 1.48 bits per heavy atom. The van der Waals surface area contributed by atoms with Crippen molar-refractivity contribution in [2.75, 3.05) is 0 Å². The lowest BCUT2D eigenvalue weighted by atomic mass is 9.92. The molecule has 5 rings (SSSR count). The summed E-state index contributed by atoms with van der Waals surface area (Å²) in [4.78, 5) is 6.36. The summed E-state index contributed by atoms with van der Waals surface area (Å²) in [6.07, 6.45) is 0. The standard InChI is InChI=1S/C22H15NS.ClH/c1-2-8-15(9-3-1)21-16-10-4-6-12-19(16)23-22-17-11-5-7-13-20(17)24-14-18(21)22;/h1-13H,14H2;1H. The summed E-state index contributed by atoms with van der Waals surface area (Å²) in [6.45, 7) is 0. The Labute approximate surface area is 157 Å². The molecule has 1 aromatic heterocycles. The van der Waals surface area contributed by atoms with Crippen molar-refractivity contribution < 1.29 is 0 Å². The van der Waals surface area contributed by atoms with Crippen LogP contribution in [0.5, 0.6) is 0 Å². The first-order valence-corrected chi connectivity index (χ1v) is 9.09. The maximum Gasteiger partial charge on any atom is 0.0767 e. The third-order valence-electron chi connectivity index (χ3n) is 4.57. The van der Waals surface area contributed by atoms with E-state index in [1.165, 1.54) is 32.5 Å². The van der Waals surface area contributed by atoms with Crippen LogP contribution in [0.3, 0.4) is 0 Å². The normalized spacial score (nSPS) is 12.2. The minimum atomic E-state index is 0. The second-order valence-electron chi connectivity index (χ2n) is 5.98. The number of pyridine rings is 1. The minimum absolute atomic E-state index is 0. The number of hydrogen-bond donors (Lipinski definition) is 0. The monoisotopic (exact) mass is 361 g/mol. The SMILES string of the molecule is Cl.c1ccc(-c2c3c(nc4ccccc24)-c2ccccc2SC3)cc1. The van der Waals surface area contributed by atoms with E-state index in [-0.39, 0.29) is 12.4 Å². The molecule has 0 atom stereocenters. The van der Waals surface area contributed by atoms with Gasteiger partial charge in [-0.2, -0.15) is 0 Å². The molecule has 122 valence electrons. The molecule has 0 amide bonds. The largest absolute Gasteiger partial charge is 0.247 e. The predicted octanol–water partition coefficient (Wildman–Crippen LogP) is 6.60. The lowest BCUT2D eigenvalue weighted by molar-refractivity contribution is 1.25. The van der Waals surface area contributed by atoms with Crippen LogP contribution in [0.15, 0.2) is 83.8 Å². The van der Waals surface area contributed by atoms with E-state index in [2.05, 4.69) is 78.9 Å². The van der Waals surface area contributed by atoms with Gasteiger partial charge in [-0.15, -0.1) is 24.2 Å². The van der Waals surface area contributed by atoms with E-state index in [0.29, 0.717) is 0 Å². The molecule has 3 aromatic carbocycles. The van der Waals surface area contributed by atoms with Crippen LogP contribution in [0.2, 0.25) is 0 Å². The summed E-state index contributed by atoms with van der Waals surface area (Å²) in [5.74, 6) is 0.967. The van der Waals surface area contributed by atoms with E-state index in [1.54, 1.807) is 0 Å². The first kappa shape index (κ1) is 16.2. The average Bonchev–Trinajstić information content (AvgIpc) is 2.67. The molecular formula is C22H16ClNS. The van der Waals surface area contributed by atoms with Crippen LogP contribution in [0.1, 0.15) is 5.56 Å². The van der Waals surface area contributed by atoms with Gasteiger partial charge in [0, 0.05) is 21.6 Å². The average molecular weight is 362 g/mol. The van der Waals surface area contributed by atoms with Gasteiger partial charge in [0.25, 0.3) is 0 Å². The molecule has 1 aliphatic rings. The Bertz CT molecular complexity index is 1060. The fourth-order valence-corrected chi connectivity index (χ4v) is 4.56. The number of hydrogen-bond acceptors (Lipinski definition) is 2. The van der Waals surface area contributed by atoms with Gasteiger partial charge < -0.3 is 0 Å². The van der Waals surface area contributed by atoms with Crippen LogP contribution in [-0.4, -0.2) is 4.98 Å². The molecule has 0 unspecified atom stereocenters. The molecule has 0 N–H and O–H groups in total. The topological polar surface area (TPSA) is 12.9 Å². The smallest absolute Gasteiger partial charge is 0.0767 e. The zero-order valence-corrected chi connectivity index (χ0v) is 15.1. The molecule has 3 heteroatoms. The summed E-state index contributed by atoms with van der Waals surface area (Å²) in [5.41, 5.74) is 7.42. The number of aromatic nitrogens is 1. The van der Waals surface area contributed by atoms with Crippen LogP contribution in [0.4, 0.5) is 0 Å². The lowest BCUT2D eigenvalue weighted by Crippen LogP contribution is -2.02. The minimum Gasteiger partial charge on any atom is -0.247 e. The summed E-state index contributed by atoms with van der Waals surface area (Å²) >= 11 is 1.91. The zero-order chi connectivity index (χ0) is 15.9. The highest BCUT2D eigenvalue weighted by Crippen LogP contribution is 2.46.